The molecule has 2 heterocycles. The molecule has 6 heteroatoms. The van der Waals surface area contributed by atoms with Crippen molar-refractivity contribution >= 4 is 17.7 Å². The van der Waals surface area contributed by atoms with Crippen molar-refractivity contribution in [2.75, 3.05) is 12.8 Å². The van der Waals surface area contributed by atoms with Gasteiger partial charge in [0.2, 0.25) is 0 Å². The van der Waals surface area contributed by atoms with E-state index in [0.717, 1.165) is 18.4 Å². The highest BCUT2D eigenvalue weighted by Gasteiger charge is 2.30. The summed E-state index contributed by atoms with van der Waals surface area (Å²) in [5, 5.41) is 0.646. The van der Waals surface area contributed by atoms with Crippen molar-refractivity contribution in [2.45, 2.75) is 24.0 Å². The minimum Gasteiger partial charge on any atom is -0.332 e. The van der Waals surface area contributed by atoms with E-state index in [1.54, 1.807) is 24.5 Å². The number of rotatable bonds is 3. The van der Waals surface area contributed by atoms with Crippen molar-refractivity contribution in [2.24, 2.45) is 0 Å². The first-order chi connectivity index (χ1) is 10.7. The molecule has 2 aromatic rings. The van der Waals surface area contributed by atoms with Crippen molar-refractivity contribution in [1.82, 2.24) is 14.9 Å². The predicted octanol–water partition coefficient (Wildman–Crippen LogP) is 3.31. The van der Waals surface area contributed by atoms with E-state index >= 15 is 0 Å². The average Bonchev–Trinajstić information content (AvgIpc) is 3.04. The van der Waals surface area contributed by atoms with Crippen LogP contribution >= 0.6 is 11.8 Å². The summed E-state index contributed by atoms with van der Waals surface area (Å²) in [6, 6.07) is 6.37. The highest BCUT2D eigenvalue weighted by molar-refractivity contribution is 7.98. The standard InChI is InChI=1S/C16H16FN3OS/c1-22-16-18-9-12(10-19-16)15(21)20-8-2-3-14(20)11-4-6-13(17)7-5-11/h4-7,9-10,14H,2-3,8H2,1H3/t14-/m0/s1. The minimum absolute atomic E-state index is 0.00618. The molecule has 1 aliphatic heterocycles. The van der Waals surface area contributed by atoms with Crippen molar-refractivity contribution < 1.29 is 9.18 Å². The molecule has 4 nitrogen and oxygen atoms in total. The normalized spacial score (nSPS) is 17.7. The highest BCUT2D eigenvalue weighted by atomic mass is 32.2. The van der Waals surface area contributed by atoms with E-state index in [9.17, 15) is 9.18 Å². The van der Waals surface area contributed by atoms with Crippen molar-refractivity contribution in [1.29, 1.82) is 0 Å². The van der Waals surface area contributed by atoms with Crippen LogP contribution in [0.25, 0.3) is 0 Å². The summed E-state index contributed by atoms with van der Waals surface area (Å²) >= 11 is 1.44. The number of benzene rings is 1. The van der Waals surface area contributed by atoms with Gasteiger partial charge in [-0.05, 0) is 36.8 Å². The molecule has 0 radical (unpaired) electrons. The van der Waals surface area contributed by atoms with Crippen molar-refractivity contribution in [3.8, 4) is 0 Å². The van der Waals surface area contributed by atoms with Gasteiger partial charge >= 0.3 is 0 Å². The molecule has 1 fully saturated rings. The summed E-state index contributed by atoms with van der Waals surface area (Å²) in [5.41, 5.74) is 1.46. The molecule has 1 amide bonds. The lowest BCUT2D eigenvalue weighted by Gasteiger charge is -2.25. The maximum atomic E-state index is 13.1. The second-order valence-electron chi connectivity index (χ2n) is 5.17. The zero-order chi connectivity index (χ0) is 15.5. The summed E-state index contributed by atoms with van der Waals surface area (Å²) in [6.07, 6.45) is 6.86. The Kier molecular flexibility index (Phi) is 4.38. The van der Waals surface area contributed by atoms with Gasteiger partial charge in [-0.15, -0.1) is 0 Å². The van der Waals surface area contributed by atoms with Crippen LogP contribution in [0.2, 0.25) is 0 Å². The molecule has 0 aliphatic carbocycles. The van der Waals surface area contributed by atoms with Crippen LogP contribution in [0.4, 0.5) is 4.39 Å². The number of thioether (sulfide) groups is 1. The van der Waals surface area contributed by atoms with E-state index < -0.39 is 0 Å². The van der Waals surface area contributed by atoms with E-state index in [0.29, 0.717) is 17.3 Å². The van der Waals surface area contributed by atoms with Crippen LogP contribution in [-0.2, 0) is 0 Å². The lowest BCUT2D eigenvalue weighted by Crippen LogP contribution is -2.30. The Balaban J connectivity index is 1.82. The van der Waals surface area contributed by atoms with E-state index in [-0.39, 0.29) is 17.8 Å². The Hall–Kier alpha value is -1.95. The van der Waals surface area contributed by atoms with Crippen molar-refractivity contribution in [3.63, 3.8) is 0 Å². The molecule has 1 aromatic carbocycles. The average molecular weight is 317 g/mol. The molecule has 1 atom stereocenters. The number of likely N-dealkylation sites (tertiary alicyclic amines) is 1. The number of hydrogen-bond donors (Lipinski definition) is 0. The molecule has 3 rings (SSSR count). The Morgan fingerprint density at radius 3 is 2.59 bits per heavy atom. The monoisotopic (exact) mass is 317 g/mol. The first-order valence-corrected chi connectivity index (χ1v) is 8.34. The minimum atomic E-state index is -0.263. The van der Waals surface area contributed by atoms with Gasteiger partial charge in [-0.1, -0.05) is 23.9 Å². The number of hydrogen-bond acceptors (Lipinski definition) is 4. The van der Waals surface area contributed by atoms with E-state index in [4.69, 9.17) is 0 Å². The molecule has 22 heavy (non-hydrogen) atoms. The van der Waals surface area contributed by atoms with Gasteiger partial charge in [0.15, 0.2) is 5.16 Å². The molecule has 114 valence electrons. The predicted molar refractivity (Wildman–Crippen MR) is 83.2 cm³/mol. The van der Waals surface area contributed by atoms with Crippen LogP contribution in [0.15, 0.2) is 41.8 Å². The summed E-state index contributed by atoms with van der Waals surface area (Å²) in [7, 11) is 0. The first-order valence-electron chi connectivity index (χ1n) is 7.11. The number of carbonyl (C=O) groups is 1. The van der Waals surface area contributed by atoms with Crippen LogP contribution in [0.1, 0.15) is 34.8 Å². The third-order valence-electron chi connectivity index (χ3n) is 3.83. The number of aromatic nitrogens is 2. The first kappa shape index (κ1) is 15.0. The Morgan fingerprint density at radius 2 is 1.95 bits per heavy atom. The van der Waals surface area contributed by atoms with Gasteiger partial charge in [-0.3, -0.25) is 4.79 Å². The number of nitrogens with zero attached hydrogens (tertiary/aromatic N) is 3. The van der Waals surface area contributed by atoms with E-state index in [2.05, 4.69) is 9.97 Å². The van der Waals surface area contributed by atoms with Gasteiger partial charge in [-0.2, -0.15) is 0 Å². The van der Waals surface area contributed by atoms with Gasteiger partial charge in [0.25, 0.3) is 5.91 Å². The van der Waals surface area contributed by atoms with Crippen LogP contribution in [0, 0.1) is 5.82 Å². The fourth-order valence-electron chi connectivity index (χ4n) is 2.74. The molecule has 0 N–H and O–H groups in total. The fraction of sp³-hybridized carbons (Fsp3) is 0.312. The maximum Gasteiger partial charge on any atom is 0.257 e. The topological polar surface area (TPSA) is 46.1 Å². The summed E-state index contributed by atoms with van der Waals surface area (Å²) in [5.74, 6) is -0.333. The smallest absolute Gasteiger partial charge is 0.257 e. The molecule has 1 saturated heterocycles. The summed E-state index contributed by atoms with van der Waals surface area (Å²) < 4.78 is 13.1. The van der Waals surface area contributed by atoms with Gasteiger partial charge in [0.05, 0.1) is 11.6 Å². The van der Waals surface area contributed by atoms with Gasteiger partial charge in [0.1, 0.15) is 5.82 Å². The Labute approximate surface area is 132 Å². The Morgan fingerprint density at radius 1 is 1.27 bits per heavy atom. The highest BCUT2D eigenvalue weighted by Crippen LogP contribution is 2.33. The SMILES string of the molecule is CSc1ncc(C(=O)N2CCC[C@H]2c2ccc(F)cc2)cn1. The fourth-order valence-corrected chi connectivity index (χ4v) is 3.06. The molecule has 1 aliphatic rings. The number of amides is 1. The van der Waals surface area contributed by atoms with E-state index in [1.165, 1.54) is 23.9 Å². The van der Waals surface area contributed by atoms with Crippen LogP contribution in [0.5, 0.6) is 0 Å². The Bertz CT molecular complexity index is 660. The third-order valence-corrected chi connectivity index (χ3v) is 4.40. The lowest BCUT2D eigenvalue weighted by atomic mass is 10.0. The second-order valence-corrected chi connectivity index (χ2v) is 5.94. The zero-order valence-electron chi connectivity index (χ0n) is 12.2. The van der Waals surface area contributed by atoms with Crippen LogP contribution < -0.4 is 0 Å². The number of carbonyl (C=O) groups excluding carboxylic acids is 1. The molecular formula is C16H16FN3OS. The third kappa shape index (κ3) is 2.97. The zero-order valence-corrected chi connectivity index (χ0v) is 13.0. The largest absolute Gasteiger partial charge is 0.332 e. The van der Waals surface area contributed by atoms with E-state index in [1.807, 2.05) is 11.2 Å². The van der Waals surface area contributed by atoms with Gasteiger partial charge in [-0.25, -0.2) is 14.4 Å². The van der Waals surface area contributed by atoms with Gasteiger partial charge < -0.3 is 4.90 Å². The molecule has 0 spiro atoms. The van der Waals surface area contributed by atoms with Crippen molar-refractivity contribution in [3.05, 3.63) is 53.6 Å². The molecule has 0 saturated carbocycles. The quantitative estimate of drug-likeness (QED) is 0.643. The lowest BCUT2D eigenvalue weighted by molar-refractivity contribution is 0.0734. The maximum absolute atomic E-state index is 13.1. The molecule has 1 aromatic heterocycles. The molecule has 0 bridgehead atoms. The summed E-state index contributed by atoms with van der Waals surface area (Å²) in [4.78, 5) is 22.8. The molecule has 0 unspecified atom stereocenters. The molecular weight excluding hydrogens is 301 g/mol. The summed E-state index contributed by atoms with van der Waals surface area (Å²) in [6.45, 7) is 0.700. The van der Waals surface area contributed by atoms with Crippen LogP contribution in [0.3, 0.4) is 0 Å². The number of halogens is 1. The second kappa shape index (κ2) is 6.44. The van der Waals surface area contributed by atoms with Gasteiger partial charge in [0, 0.05) is 18.9 Å². The van der Waals surface area contributed by atoms with Crippen LogP contribution in [-0.4, -0.2) is 33.6 Å².